The molecule has 0 bridgehead atoms. The average Bonchev–Trinajstić information content (AvgIpc) is 2.63. The van der Waals surface area contributed by atoms with E-state index >= 15 is 0 Å². The highest BCUT2D eigenvalue weighted by atomic mass is 16.5. The molecule has 3 aromatic carbocycles. The zero-order valence-electron chi connectivity index (χ0n) is 14.3. The van der Waals surface area contributed by atoms with Crippen molar-refractivity contribution in [3.8, 4) is 5.75 Å². The highest BCUT2D eigenvalue weighted by Gasteiger charge is 2.07. The van der Waals surface area contributed by atoms with E-state index < -0.39 is 0 Å². The number of fused-ring (bicyclic) bond motifs is 1. The minimum Gasteiger partial charge on any atom is -0.496 e. The molecular weight excluding hydrogens is 294 g/mol. The lowest BCUT2D eigenvalue weighted by atomic mass is 10.0. The summed E-state index contributed by atoms with van der Waals surface area (Å²) in [6.07, 6.45) is 4.38. The molecule has 0 aromatic heterocycles. The third-order valence-electron chi connectivity index (χ3n) is 4.16. The van der Waals surface area contributed by atoms with E-state index in [0.29, 0.717) is 0 Å². The van der Waals surface area contributed by atoms with Gasteiger partial charge in [-0.05, 0) is 29.6 Å². The summed E-state index contributed by atoms with van der Waals surface area (Å²) in [6.45, 7) is 1.82. The second-order valence-electron chi connectivity index (χ2n) is 5.98. The Labute approximate surface area is 144 Å². The van der Waals surface area contributed by atoms with Gasteiger partial charge in [-0.15, -0.1) is 0 Å². The van der Waals surface area contributed by atoms with Gasteiger partial charge in [0, 0.05) is 18.5 Å². The van der Waals surface area contributed by atoms with Crippen LogP contribution in [0.2, 0.25) is 0 Å². The standard InChI is InChI=1S/C22H23NO/c1-23(16-8-11-18-9-4-3-5-10-18)17-19-14-15-22(24-2)21-13-7-6-12-20(19)21/h3-15H,16-17H2,1-2H3/b11-8+. The molecule has 0 atom stereocenters. The van der Waals surface area contributed by atoms with Crippen LogP contribution in [-0.2, 0) is 6.54 Å². The van der Waals surface area contributed by atoms with E-state index in [-0.39, 0.29) is 0 Å². The fourth-order valence-electron chi connectivity index (χ4n) is 2.94. The SMILES string of the molecule is COc1ccc(CN(C)C/C=C/c2ccccc2)c2ccccc12. The van der Waals surface area contributed by atoms with Crippen molar-refractivity contribution in [1.82, 2.24) is 4.90 Å². The van der Waals surface area contributed by atoms with E-state index in [4.69, 9.17) is 4.74 Å². The van der Waals surface area contributed by atoms with Gasteiger partial charge in [0.05, 0.1) is 7.11 Å². The molecule has 0 spiro atoms. The highest BCUT2D eigenvalue weighted by Crippen LogP contribution is 2.28. The predicted molar refractivity (Wildman–Crippen MR) is 102 cm³/mol. The van der Waals surface area contributed by atoms with Gasteiger partial charge in [-0.25, -0.2) is 0 Å². The number of hydrogen-bond donors (Lipinski definition) is 0. The summed E-state index contributed by atoms with van der Waals surface area (Å²) < 4.78 is 5.48. The zero-order chi connectivity index (χ0) is 16.8. The molecule has 0 saturated carbocycles. The van der Waals surface area contributed by atoms with Gasteiger partial charge in [0.2, 0.25) is 0 Å². The fourth-order valence-corrected chi connectivity index (χ4v) is 2.94. The van der Waals surface area contributed by atoms with Crippen LogP contribution in [0.15, 0.2) is 72.8 Å². The van der Waals surface area contributed by atoms with E-state index in [1.54, 1.807) is 7.11 Å². The van der Waals surface area contributed by atoms with Crippen LogP contribution in [-0.4, -0.2) is 25.6 Å². The second kappa shape index (κ2) is 7.80. The van der Waals surface area contributed by atoms with E-state index in [1.807, 2.05) is 6.07 Å². The lowest BCUT2D eigenvalue weighted by Gasteiger charge is -2.17. The molecule has 122 valence electrons. The van der Waals surface area contributed by atoms with Crippen LogP contribution >= 0.6 is 0 Å². The second-order valence-corrected chi connectivity index (χ2v) is 5.98. The number of nitrogens with zero attached hydrogens (tertiary/aromatic N) is 1. The summed E-state index contributed by atoms with van der Waals surface area (Å²) >= 11 is 0. The Morgan fingerprint density at radius 3 is 2.33 bits per heavy atom. The van der Waals surface area contributed by atoms with Crippen LogP contribution in [0.25, 0.3) is 16.8 Å². The molecule has 2 nitrogen and oxygen atoms in total. The molecular formula is C22H23NO. The first-order chi connectivity index (χ1) is 11.8. The van der Waals surface area contributed by atoms with Crippen LogP contribution in [0.1, 0.15) is 11.1 Å². The number of ether oxygens (including phenoxy) is 1. The molecule has 0 aliphatic carbocycles. The third-order valence-corrected chi connectivity index (χ3v) is 4.16. The number of hydrogen-bond acceptors (Lipinski definition) is 2. The Morgan fingerprint density at radius 2 is 1.58 bits per heavy atom. The number of methoxy groups -OCH3 is 1. The summed E-state index contributed by atoms with van der Waals surface area (Å²) in [5.74, 6) is 0.931. The Balaban J connectivity index is 1.72. The average molecular weight is 317 g/mol. The Hall–Kier alpha value is -2.58. The zero-order valence-corrected chi connectivity index (χ0v) is 14.3. The monoisotopic (exact) mass is 317 g/mol. The van der Waals surface area contributed by atoms with Crippen LogP contribution in [0.5, 0.6) is 5.75 Å². The largest absolute Gasteiger partial charge is 0.496 e. The normalized spacial score (nSPS) is 11.5. The van der Waals surface area contributed by atoms with Crippen molar-refractivity contribution in [2.75, 3.05) is 20.7 Å². The maximum atomic E-state index is 5.48. The molecule has 0 aliphatic rings. The number of likely N-dealkylation sites (N-methyl/N-ethyl adjacent to an activating group) is 1. The molecule has 2 heteroatoms. The summed E-state index contributed by atoms with van der Waals surface area (Å²) in [7, 11) is 3.87. The molecule has 0 aliphatic heterocycles. The van der Waals surface area contributed by atoms with Gasteiger partial charge in [0.25, 0.3) is 0 Å². The molecule has 24 heavy (non-hydrogen) atoms. The van der Waals surface area contributed by atoms with Crippen LogP contribution in [0.3, 0.4) is 0 Å². The third kappa shape index (κ3) is 3.84. The summed E-state index contributed by atoms with van der Waals surface area (Å²) in [6, 6.07) is 23.1. The van der Waals surface area contributed by atoms with Gasteiger partial charge < -0.3 is 4.74 Å². The fraction of sp³-hybridized carbons (Fsp3) is 0.182. The van der Waals surface area contributed by atoms with E-state index in [1.165, 1.54) is 21.9 Å². The minimum atomic E-state index is 0.906. The van der Waals surface area contributed by atoms with Crippen molar-refractivity contribution in [3.05, 3.63) is 83.9 Å². The number of rotatable bonds is 6. The van der Waals surface area contributed by atoms with Gasteiger partial charge in [-0.3, -0.25) is 4.90 Å². The lowest BCUT2D eigenvalue weighted by Crippen LogP contribution is -2.17. The quantitative estimate of drug-likeness (QED) is 0.635. The first-order valence-electron chi connectivity index (χ1n) is 8.22. The minimum absolute atomic E-state index is 0.906. The molecule has 3 aromatic rings. The molecule has 3 rings (SSSR count). The Morgan fingerprint density at radius 1 is 0.875 bits per heavy atom. The van der Waals surface area contributed by atoms with Crippen molar-refractivity contribution in [2.24, 2.45) is 0 Å². The molecule has 0 radical (unpaired) electrons. The van der Waals surface area contributed by atoms with Gasteiger partial charge in [0.15, 0.2) is 0 Å². The van der Waals surface area contributed by atoms with Crippen molar-refractivity contribution >= 4 is 16.8 Å². The van der Waals surface area contributed by atoms with Crippen molar-refractivity contribution in [3.63, 3.8) is 0 Å². The van der Waals surface area contributed by atoms with Gasteiger partial charge in [0.1, 0.15) is 5.75 Å². The van der Waals surface area contributed by atoms with Gasteiger partial charge in [-0.2, -0.15) is 0 Å². The first-order valence-corrected chi connectivity index (χ1v) is 8.22. The van der Waals surface area contributed by atoms with Crippen LogP contribution in [0, 0.1) is 0 Å². The van der Waals surface area contributed by atoms with Crippen LogP contribution in [0.4, 0.5) is 0 Å². The predicted octanol–water partition coefficient (Wildman–Crippen LogP) is 4.99. The van der Waals surface area contributed by atoms with Gasteiger partial charge in [-0.1, -0.05) is 72.8 Å². The van der Waals surface area contributed by atoms with Crippen molar-refractivity contribution in [2.45, 2.75) is 6.54 Å². The van der Waals surface area contributed by atoms with E-state index in [0.717, 1.165) is 18.8 Å². The molecule has 0 fully saturated rings. The van der Waals surface area contributed by atoms with Crippen molar-refractivity contribution in [1.29, 1.82) is 0 Å². The van der Waals surface area contributed by atoms with Crippen molar-refractivity contribution < 1.29 is 4.74 Å². The van der Waals surface area contributed by atoms with Gasteiger partial charge >= 0.3 is 0 Å². The Bertz CT molecular complexity index is 824. The summed E-state index contributed by atoms with van der Waals surface area (Å²) in [5.41, 5.74) is 2.56. The van der Waals surface area contributed by atoms with Crippen LogP contribution < -0.4 is 4.74 Å². The topological polar surface area (TPSA) is 12.5 Å². The van der Waals surface area contributed by atoms with E-state index in [2.05, 4.69) is 84.8 Å². The summed E-state index contributed by atoms with van der Waals surface area (Å²) in [4.78, 5) is 2.31. The molecule has 0 saturated heterocycles. The molecule has 0 amide bonds. The maximum Gasteiger partial charge on any atom is 0.126 e. The highest BCUT2D eigenvalue weighted by molar-refractivity contribution is 5.91. The Kier molecular flexibility index (Phi) is 5.29. The summed E-state index contributed by atoms with van der Waals surface area (Å²) in [5, 5.41) is 2.43. The smallest absolute Gasteiger partial charge is 0.126 e. The van der Waals surface area contributed by atoms with E-state index in [9.17, 15) is 0 Å². The molecule has 0 heterocycles. The first kappa shape index (κ1) is 16.3. The lowest BCUT2D eigenvalue weighted by molar-refractivity contribution is 0.365. The molecule has 0 N–H and O–H groups in total. The number of benzene rings is 3. The molecule has 0 unspecified atom stereocenters. The maximum absolute atomic E-state index is 5.48.